The molecule has 18 heteroatoms. The second kappa shape index (κ2) is 20.1. The van der Waals surface area contributed by atoms with Gasteiger partial charge in [-0.3, -0.25) is 29.2 Å². The molecule has 3 fully saturated rings. The van der Waals surface area contributed by atoms with Crippen molar-refractivity contribution in [1.82, 2.24) is 45.0 Å². The number of morpholine rings is 1. The van der Waals surface area contributed by atoms with Crippen LogP contribution in [0.15, 0.2) is 54.6 Å². The first-order valence-corrected chi connectivity index (χ1v) is 24.6. The zero-order chi connectivity index (χ0) is 48.6. The lowest BCUT2D eigenvalue weighted by Crippen LogP contribution is -2.62. The highest BCUT2D eigenvalue weighted by atomic mass is 32.1. The molecule has 0 saturated carbocycles. The van der Waals surface area contributed by atoms with E-state index in [2.05, 4.69) is 66.9 Å². The fourth-order valence-corrected chi connectivity index (χ4v) is 11.2. The van der Waals surface area contributed by atoms with Crippen LogP contribution in [0.5, 0.6) is 0 Å². The van der Waals surface area contributed by atoms with Gasteiger partial charge in [0.1, 0.15) is 18.1 Å². The summed E-state index contributed by atoms with van der Waals surface area (Å²) in [7, 11) is 3.27. The molecule has 4 aliphatic rings. The number of likely N-dealkylation sites (N-methyl/N-ethyl adjacent to an activating group) is 1. The number of likely N-dealkylation sites (tertiary alicyclic amines) is 1. The van der Waals surface area contributed by atoms with Crippen LogP contribution in [-0.2, 0) is 52.8 Å². The van der Waals surface area contributed by atoms with Crippen LogP contribution in [0.4, 0.5) is 4.79 Å². The quantitative estimate of drug-likeness (QED) is 0.163. The fraction of sp³-hybridized carbons (Fsp3) is 0.540. The SMILES string of the molecule is C=CC(=O)N1CCO[C@H]2CN(C(=O)N(C)C(C(=O)N[C@H]3Cc4nc(cs4)-c4ccc5c(c4)c(c(-c4cccnc4[C@H](C)OC)n5CC)CC(C)(C)COC(=O)[C@@H]4CCCN(N4)C3=O)C(C)C)C[C@@H]21. The van der Waals surface area contributed by atoms with E-state index in [9.17, 15) is 24.0 Å². The number of hydrazine groups is 1. The van der Waals surface area contributed by atoms with Gasteiger partial charge in [-0.1, -0.05) is 40.3 Å². The van der Waals surface area contributed by atoms with Gasteiger partial charge >= 0.3 is 12.0 Å². The maximum absolute atomic E-state index is 14.7. The van der Waals surface area contributed by atoms with Crippen molar-refractivity contribution >= 4 is 52.0 Å². The number of hydrogen-bond donors (Lipinski definition) is 2. The van der Waals surface area contributed by atoms with Crippen LogP contribution >= 0.6 is 11.3 Å². The predicted molar refractivity (Wildman–Crippen MR) is 258 cm³/mol. The number of cyclic esters (lactones) is 1. The number of fused-ring (bicyclic) bond motifs is 7. The van der Waals surface area contributed by atoms with Gasteiger partial charge in [-0.2, -0.15) is 0 Å². The molecule has 17 nitrogen and oxygen atoms in total. The minimum absolute atomic E-state index is 0.0600. The standard InChI is InChI=1S/C50H65N9O8S/c1-10-42(60)58-20-21-66-40-26-56(25-39(40)58)49(64)55(8)44(29(3)4)46(61)53-36-23-41-52-37(27-68-41)31-16-17-38-33(22-31)34(45(57(38)11-2)32-14-12-18-51-43(32)30(5)65-9)24-50(6,7)28-67-48(63)35-15-13-19-59(54-35)47(36)62/h10,12,14,16-18,22,27,29-30,35-36,39-40,44,54H,1,11,13,15,19-21,23-26,28H2,2-9H3,(H,53,61)/t30-,35-,36-,39-,40-,44?/m0/s1. The molecule has 364 valence electrons. The summed E-state index contributed by atoms with van der Waals surface area (Å²) < 4.78 is 20.2. The highest BCUT2D eigenvalue weighted by Crippen LogP contribution is 2.42. The van der Waals surface area contributed by atoms with E-state index in [0.29, 0.717) is 50.5 Å². The van der Waals surface area contributed by atoms with Crippen LogP contribution in [0.25, 0.3) is 33.4 Å². The van der Waals surface area contributed by atoms with Crippen LogP contribution in [0, 0.1) is 11.3 Å². The minimum atomic E-state index is -1.11. The predicted octanol–water partition coefficient (Wildman–Crippen LogP) is 5.38. The first kappa shape index (κ1) is 48.8. The molecule has 1 aromatic carbocycles. The third-order valence-corrected chi connectivity index (χ3v) is 14.7. The molecule has 5 amide bonds. The van der Waals surface area contributed by atoms with Crippen molar-refractivity contribution in [2.75, 3.05) is 53.6 Å². The fourth-order valence-electron chi connectivity index (χ4n) is 10.3. The van der Waals surface area contributed by atoms with E-state index < -0.39 is 47.4 Å². The maximum atomic E-state index is 14.7. The third kappa shape index (κ3) is 9.65. The van der Waals surface area contributed by atoms with E-state index in [1.807, 2.05) is 32.2 Å². The lowest BCUT2D eigenvalue weighted by molar-refractivity contribution is -0.155. The van der Waals surface area contributed by atoms with Gasteiger partial charge in [0.05, 0.1) is 60.1 Å². The van der Waals surface area contributed by atoms with Crippen LogP contribution < -0.4 is 10.7 Å². The summed E-state index contributed by atoms with van der Waals surface area (Å²) in [5.41, 5.74) is 9.22. The van der Waals surface area contributed by atoms with Gasteiger partial charge in [0.2, 0.25) is 11.8 Å². The molecule has 0 radical (unpaired) electrons. The van der Waals surface area contributed by atoms with Crippen LogP contribution in [0.2, 0.25) is 0 Å². The number of carbonyl (C=O) groups is 5. The highest BCUT2D eigenvalue weighted by molar-refractivity contribution is 7.10. The van der Waals surface area contributed by atoms with Gasteiger partial charge in [0.15, 0.2) is 0 Å². The van der Waals surface area contributed by atoms with Gasteiger partial charge in [-0.05, 0) is 74.9 Å². The molecule has 4 aromatic rings. The Morgan fingerprint density at radius 2 is 1.94 bits per heavy atom. The Balaban J connectivity index is 1.14. The Bertz CT molecular complexity index is 2570. The van der Waals surface area contributed by atoms with Gasteiger partial charge in [-0.25, -0.2) is 15.2 Å². The molecule has 6 atom stereocenters. The van der Waals surface area contributed by atoms with E-state index in [-0.39, 0.29) is 56.2 Å². The first-order chi connectivity index (χ1) is 32.5. The Labute approximate surface area is 402 Å². The van der Waals surface area contributed by atoms with E-state index >= 15 is 0 Å². The van der Waals surface area contributed by atoms with Crippen molar-refractivity contribution in [1.29, 1.82) is 0 Å². The number of amides is 5. The number of aryl methyl sites for hydroxylation is 1. The second-order valence-electron chi connectivity index (χ2n) is 19.5. The molecule has 4 aliphatic heterocycles. The molecule has 2 N–H and O–H groups in total. The van der Waals surface area contributed by atoms with Gasteiger partial charge < -0.3 is 38.8 Å². The van der Waals surface area contributed by atoms with Crippen molar-refractivity contribution in [3.63, 3.8) is 0 Å². The summed E-state index contributed by atoms with van der Waals surface area (Å²) >= 11 is 1.40. The van der Waals surface area contributed by atoms with Crippen molar-refractivity contribution < 1.29 is 38.2 Å². The largest absolute Gasteiger partial charge is 0.464 e. The number of aromatic nitrogens is 3. The number of carbonyl (C=O) groups excluding carboxylic acids is 5. The number of thiazole rings is 1. The van der Waals surface area contributed by atoms with Crippen molar-refractivity contribution in [3.8, 4) is 22.5 Å². The van der Waals surface area contributed by atoms with Crippen LogP contribution in [0.1, 0.15) is 76.8 Å². The maximum Gasteiger partial charge on any atom is 0.324 e. The normalized spacial score (nSPS) is 22.9. The highest BCUT2D eigenvalue weighted by Gasteiger charge is 2.46. The minimum Gasteiger partial charge on any atom is -0.464 e. The molecule has 3 aromatic heterocycles. The molecule has 7 heterocycles. The van der Waals surface area contributed by atoms with E-state index in [4.69, 9.17) is 24.2 Å². The van der Waals surface area contributed by atoms with Crippen molar-refractivity contribution in [2.24, 2.45) is 11.3 Å². The molecule has 1 unspecified atom stereocenters. The Morgan fingerprint density at radius 3 is 2.68 bits per heavy atom. The summed E-state index contributed by atoms with van der Waals surface area (Å²) in [6.07, 6.45) is 4.05. The lowest BCUT2D eigenvalue weighted by Gasteiger charge is -2.37. The number of methoxy groups -OCH3 is 1. The van der Waals surface area contributed by atoms with Gasteiger partial charge in [-0.15, -0.1) is 11.3 Å². The number of esters is 1. The Kier molecular flexibility index (Phi) is 14.4. The first-order valence-electron chi connectivity index (χ1n) is 23.7. The summed E-state index contributed by atoms with van der Waals surface area (Å²) in [6.45, 7) is 18.0. The average Bonchev–Trinajstić information content (AvgIpc) is 4.07. The number of benzene rings is 1. The van der Waals surface area contributed by atoms with Gasteiger partial charge in [0, 0.05) is 85.8 Å². The molecule has 0 spiro atoms. The molecule has 0 aliphatic carbocycles. The topological polar surface area (TPSA) is 181 Å². The summed E-state index contributed by atoms with van der Waals surface area (Å²) in [6, 6.07) is 6.80. The van der Waals surface area contributed by atoms with Gasteiger partial charge in [0.25, 0.3) is 5.91 Å². The Morgan fingerprint density at radius 1 is 1.15 bits per heavy atom. The van der Waals surface area contributed by atoms with E-state index in [0.717, 1.165) is 44.7 Å². The van der Waals surface area contributed by atoms with Crippen LogP contribution in [0.3, 0.4) is 0 Å². The smallest absolute Gasteiger partial charge is 0.324 e. The number of rotatable bonds is 9. The number of ether oxygens (including phenoxy) is 3. The number of nitrogens with zero attached hydrogens (tertiary/aromatic N) is 7. The van der Waals surface area contributed by atoms with Crippen LogP contribution in [-0.4, -0.2) is 148 Å². The molecular formula is C50H65N9O8S. The molecular weight excluding hydrogens is 887 g/mol. The summed E-state index contributed by atoms with van der Waals surface area (Å²) in [5.74, 6) is -1.98. The number of pyridine rings is 1. The Hall–Kier alpha value is -5.69. The molecule has 3 saturated heterocycles. The lowest BCUT2D eigenvalue weighted by atomic mass is 9.84. The number of hydrogen-bond acceptors (Lipinski definition) is 12. The average molecular weight is 952 g/mol. The van der Waals surface area contributed by atoms with E-state index in [1.54, 1.807) is 30.2 Å². The number of nitrogens with one attached hydrogen (secondary N) is 2. The zero-order valence-corrected chi connectivity index (χ0v) is 41.3. The van der Waals surface area contributed by atoms with Crippen molar-refractivity contribution in [2.45, 2.75) is 110 Å². The molecule has 8 rings (SSSR count). The summed E-state index contributed by atoms with van der Waals surface area (Å²) in [5, 5.41) is 8.08. The number of urea groups is 1. The van der Waals surface area contributed by atoms with Crippen molar-refractivity contribution in [3.05, 3.63) is 70.8 Å². The molecule has 68 heavy (non-hydrogen) atoms. The molecule has 6 bridgehead atoms. The third-order valence-electron chi connectivity index (χ3n) is 13.8. The monoisotopic (exact) mass is 951 g/mol. The second-order valence-corrected chi connectivity index (χ2v) is 20.4. The zero-order valence-electron chi connectivity index (χ0n) is 40.5. The van der Waals surface area contributed by atoms with E-state index in [1.165, 1.54) is 27.3 Å². The summed E-state index contributed by atoms with van der Waals surface area (Å²) in [4.78, 5) is 84.7.